The number of carbonyl (C=O) groups excluding carboxylic acids is 2. The van der Waals surface area contributed by atoms with Crippen LogP contribution in [0.25, 0.3) is 5.76 Å². The first-order valence-electron chi connectivity index (χ1n) is 9.05. The summed E-state index contributed by atoms with van der Waals surface area (Å²) in [6.07, 6.45) is -0.717. The van der Waals surface area contributed by atoms with E-state index in [9.17, 15) is 14.7 Å². The molecule has 0 unspecified atom stereocenters. The van der Waals surface area contributed by atoms with Gasteiger partial charge >= 0.3 is 0 Å². The van der Waals surface area contributed by atoms with Gasteiger partial charge in [0.25, 0.3) is 11.7 Å². The van der Waals surface area contributed by atoms with Gasteiger partial charge in [-0.25, -0.2) is 0 Å². The molecule has 0 aliphatic carbocycles. The Morgan fingerprint density at radius 1 is 1.00 bits per heavy atom. The summed E-state index contributed by atoms with van der Waals surface area (Å²) < 4.78 is 15.6. The molecule has 29 heavy (non-hydrogen) atoms. The molecule has 3 rings (SSSR count). The molecule has 1 amide bonds. The Kier molecular flexibility index (Phi) is 6.31. The van der Waals surface area contributed by atoms with Crippen molar-refractivity contribution in [2.45, 2.75) is 12.3 Å². The lowest BCUT2D eigenvalue weighted by atomic mass is 9.95. The third-order valence-electron chi connectivity index (χ3n) is 4.89. The summed E-state index contributed by atoms with van der Waals surface area (Å²) in [6.45, 7) is 0.0276. The average Bonchev–Trinajstić information content (AvgIpc) is 3.02. The van der Waals surface area contributed by atoms with Crippen molar-refractivity contribution in [3.8, 4) is 5.75 Å². The number of carbonyl (C=O) groups is 2. The standard InChI is InChI=1S/C22H23NO6/c1-27-16-11-9-14(10-12-16)19-18(20(24)15-7-5-4-6-8-15)21(25)22(26)23(19)13-17(28-2)29-3/h4-12,17,19,24H,13H2,1-3H3/t19-/m1/s1. The summed E-state index contributed by atoms with van der Waals surface area (Å²) in [5.74, 6) is -1.06. The minimum Gasteiger partial charge on any atom is -0.507 e. The van der Waals surface area contributed by atoms with Crippen molar-refractivity contribution >= 4 is 17.4 Å². The molecule has 0 radical (unpaired) electrons. The molecule has 1 atom stereocenters. The van der Waals surface area contributed by atoms with Crippen molar-refractivity contribution < 1.29 is 28.9 Å². The van der Waals surface area contributed by atoms with Gasteiger partial charge in [-0.05, 0) is 17.7 Å². The normalized spacial score (nSPS) is 18.5. The molecule has 1 heterocycles. The third-order valence-corrected chi connectivity index (χ3v) is 4.89. The van der Waals surface area contributed by atoms with E-state index in [1.165, 1.54) is 19.1 Å². The molecule has 7 nitrogen and oxygen atoms in total. The number of nitrogens with zero attached hydrogens (tertiary/aromatic N) is 1. The van der Waals surface area contributed by atoms with Crippen molar-refractivity contribution in [2.24, 2.45) is 0 Å². The van der Waals surface area contributed by atoms with Crippen LogP contribution in [0.15, 0.2) is 60.2 Å². The van der Waals surface area contributed by atoms with Crippen LogP contribution in [-0.2, 0) is 19.1 Å². The zero-order valence-corrected chi connectivity index (χ0v) is 16.5. The quantitative estimate of drug-likeness (QED) is 0.335. The van der Waals surface area contributed by atoms with Gasteiger partial charge < -0.3 is 24.2 Å². The van der Waals surface area contributed by atoms with Crippen molar-refractivity contribution in [1.82, 2.24) is 4.90 Å². The number of aliphatic hydroxyl groups is 1. The summed E-state index contributed by atoms with van der Waals surface area (Å²) in [5.41, 5.74) is 1.14. The zero-order valence-electron chi connectivity index (χ0n) is 16.5. The molecule has 0 aromatic heterocycles. The molecule has 0 bridgehead atoms. The Bertz CT molecular complexity index is 903. The van der Waals surface area contributed by atoms with E-state index < -0.39 is 24.0 Å². The van der Waals surface area contributed by atoms with E-state index in [1.54, 1.807) is 61.7 Å². The van der Waals surface area contributed by atoms with Crippen molar-refractivity contribution in [3.05, 3.63) is 71.3 Å². The molecule has 152 valence electrons. The number of hydrogen-bond donors (Lipinski definition) is 1. The van der Waals surface area contributed by atoms with E-state index in [1.807, 2.05) is 0 Å². The van der Waals surface area contributed by atoms with Gasteiger partial charge in [-0.2, -0.15) is 0 Å². The highest BCUT2D eigenvalue weighted by Crippen LogP contribution is 2.39. The maximum atomic E-state index is 12.9. The number of methoxy groups -OCH3 is 3. The van der Waals surface area contributed by atoms with Crippen molar-refractivity contribution in [2.75, 3.05) is 27.9 Å². The van der Waals surface area contributed by atoms with Gasteiger partial charge in [-0.1, -0.05) is 42.5 Å². The minimum atomic E-state index is -0.783. The van der Waals surface area contributed by atoms with E-state index in [0.717, 1.165) is 0 Å². The van der Waals surface area contributed by atoms with Gasteiger partial charge in [0, 0.05) is 19.8 Å². The smallest absolute Gasteiger partial charge is 0.295 e. The highest BCUT2D eigenvalue weighted by atomic mass is 16.7. The fourth-order valence-electron chi connectivity index (χ4n) is 3.36. The number of rotatable bonds is 7. The number of amides is 1. The van der Waals surface area contributed by atoms with Gasteiger partial charge in [0.15, 0.2) is 6.29 Å². The number of ketones is 1. The van der Waals surface area contributed by atoms with Gasteiger partial charge in [0.1, 0.15) is 11.5 Å². The molecule has 2 aromatic carbocycles. The number of hydrogen-bond acceptors (Lipinski definition) is 6. The molecule has 2 aromatic rings. The molecule has 1 fully saturated rings. The number of ether oxygens (including phenoxy) is 3. The Hall–Kier alpha value is -3.16. The summed E-state index contributed by atoms with van der Waals surface area (Å²) in [5, 5.41) is 10.9. The van der Waals surface area contributed by atoms with Crippen LogP contribution >= 0.6 is 0 Å². The summed E-state index contributed by atoms with van der Waals surface area (Å²) in [4.78, 5) is 27.1. The Morgan fingerprint density at radius 2 is 1.62 bits per heavy atom. The summed E-state index contributed by atoms with van der Waals surface area (Å²) in [6, 6.07) is 14.9. The molecule has 1 aliphatic heterocycles. The van der Waals surface area contributed by atoms with E-state index in [4.69, 9.17) is 14.2 Å². The maximum absolute atomic E-state index is 12.9. The minimum absolute atomic E-state index is 0.0253. The fraction of sp³-hybridized carbons (Fsp3) is 0.273. The Labute approximate surface area is 169 Å². The predicted molar refractivity (Wildman–Crippen MR) is 106 cm³/mol. The number of Topliss-reactive ketones (excluding diaryl/α,β-unsaturated/α-hetero) is 1. The summed E-state index contributed by atoms with van der Waals surface area (Å²) in [7, 11) is 4.46. The van der Waals surface area contributed by atoms with Crippen LogP contribution in [0.3, 0.4) is 0 Å². The molecular weight excluding hydrogens is 374 g/mol. The fourth-order valence-corrected chi connectivity index (χ4v) is 3.36. The first kappa shape index (κ1) is 20.6. The lowest BCUT2D eigenvalue weighted by Crippen LogP contribution is -2.38. The third kappa shape index (κ3) is 4.01. The Balaban J connectivity index is 2.14. The van der Waals surface area contributed by atoms with Crippen LogP contribution in [0.5, 0.6) is 5.75 Å². The highest BCUT2D eigenvalue weighted by molar-refractivity contribution is 6.46. The lowest BCUT2D eigenvalue weighted by molar-refractivity contribution is -0.149. The van der Waals surface area contributed by atoms with E-state index in [2.05, 4.69) is 0 Å². The first-order chi connectivity index (χ1) is 14.0. The molecule has 0 saturated carbocycles. The SMILES string of the molecule is COc1ccc([C@@H]2C(=C(O)c3ccccc3)C(=O)C(=O)N2CC(OC)OC)cc1. The molecule has 7 heteroatoms. The van der Waals surface area contributed by atoms with Crippen LogP contribution in [-0.4, -0.2) is 55.9 Å². The topological polar surface area (TPSA) is 85.3 Å². The zero-order chi connectivity index (χ0) is 21.0. The molecule has 1 saturated heterocycles. The number of benzene rings is 2. The molecule has 1 N–H and O–H groups in total. The second-order valence-electron chi connectivity index (χ2n) is 6.49. The van der Waals surface area contributed by atoms with Gasteiger partial charge in [-0.3, -0.25) is 9.59 Å². The largest absolute Gasteiger partial charge is 0.507 e. The number of aliphatic hydroxyl groups excluding tert-OH is 1. The first-order valence-corrected chi connectivity index (χ1v) is 9.05. The number of likely N-dealkylation sites (tertiary alicyclic amines) is 1. The van der Waals surface area contributed by atoms with Gasteiger partial charge in [-0.15, -0.1) is 0 Å². The second kappa shape index (κ2) is 8.89. The van der Waals surface area contributed by atoms with Gasteiger partial charge in [0.2, 0.25) is 0 Å². The summed E-state index contributed by atoms with van der Waals surface area (Å²) >= 11 is 0. The van der Waals surface area contributed by atoms with Crippen LogP contribution < -0.4 is 4.74 Å². The van der Waals surface area contributed by atoms with Crippen LogP contribution in [0.1, 0.15) is 17.2 Å². The Morgan fingerprint density at radius 3 is 2.17 bits per heavy atom. The van der Waals surface area contributed by atoms with Crippen molar-refractivity contribution in [1.29, 1.82) is 0 Å². The molecule has 0 spiro atoms. The molecular formula is C22H23NO6. The second-order valence-corrected chi connectivity index (χ2v) is 6.49. The van der Waals surface area contributed by atoms with E-state index in [0.29, 0.717) is 16.9 Å². The van der Waals surface area contributed by atoms with E-state index in [-0.39, 0.29) is 17.9 Å². The van der Waals surface area contributed by atoms with Gasteiger partial charge in [0.05, 0.1) is 25.3 Å². The monoisotopic (exact) mass is 397 g/mol. The van der Waals surface area contributed by atoms with Crippen molar-refractivity contribution in [3.63, 3.8) is 0 Å². The van der Waals surface area contributed by atoms with Crippen LogP contribution in [0, 0.1) is 0 Å². The predicted octanol–water partition coefficient (Wildman–Crippen LogP) is 2.74. The maximum Gasteiger partial charge on any atom is 0.295 e. The highest BCUT2D eigenvalue weighted by Gasteiger charge is 2.46. The molecule has 1 aliphatic rings. The van der Waals surface area contributed by atoms with Crippen LogP contribution in [0.4, 0.5) is 0 Å². The van der Waals surface area contributed by atoms with E-state index >= 15 is 0 Å². The average molecular weight is 397 g/mol. The lowest BCUT2D eigenvalue weighted by Gasteiger charge is -2.28. The van der Waals surface area contributed by atoms with Crippen LogP contribution in [0.2, 0.25) is 0 Å².